The van der Waals surface area contributed by atoms with Crippen LogP contribution in [0.25, 0.3) is 11.4 Å². The molecule has 0 atom stereocenters. The standard InChI is InChI=1S/C14H15ClIN3O/c1-19(2)10-6-4-9(5-7-10)14-17-11(8-20-3)12(16)13(15)18-14/h4-7H,8H2,1-3H3. The normalized spacial score (nSPS) is 10.7. The smallest absolute Gasteiger partial charge is 0.161 e. The number of aromatic nitrogens is 2. The SMILES string of the molecule is COCc1nc(-c2ccc(N(C)C)cc2)nc(Cl)c1I. The van der Waals surface area contributed by atoms with Crippen LogP contribution in [0.2, 0.25) is 5.15 Å². The van der Waals surface area contributed by atoms with Crippen molar-refractivity contribution in [2.45, 2.75) is 6.61 Å². The van der Waals surface area contributed by atoms with Crippen LogP contribution in [0.4, 0.5) is 5.69 Å². The molecule has 0 radical (unpaired) electrons. The van der Waals surface area contributed by atoms with Gasteiger partial charge in [0, 0.05) is 32.5 Å². The van der Waals surface area contributed by atoms with Crippen molar-refractivity contribution in [2.24, 2.45) is 0 Å². The molecule has 0 aliphatic rings. The summed E-state index contributed by atoms with van der Waals surface area (Å²) in [6, 6.07) is 8.04. The maximum Gasteiger partial charge on any atom is 0.161 e. The van der Waals surface area contributed by atoms with Gasteiger partial charge in [-0.25, -0.2) is 9.97 Å². The molecule has 106 valence electrons. The Kier molecular flexibility index (Phi) is 5.17. The Hall–Kier alpha value is -0.920. The van der Waals surface area contributed by atoms with Crippen molar-refractivity contribution in [2.75, 3.05) is 26.1 Å². The first-order chi connectivity index (χ1) is 9.52. The first kappa shape index (κ1) is 15.5. The van der Waals surface area contributed by atoms with Crippen molar-refractivity contribution in [1.82, 2.24) is 9.97 Å². The second-order valence-corrected chi connectivity index (χ2v) is 5.91. The summed E-state index contributed by atoms with van der Waals surface area (Å²) in [6.07, 6.45) is 0. The summed E-state index contributed by atoms with van der Waals surface area (Å²) in [6.45, 7) is 0.420. The Morgan fingerprint density at radius 2 is 1.85 bits per heavy atom. The van der Waals surface area contributed by atoms with Crippen LogP contribution in [-0.2, 0) is 11.3 Å². The minimum absolute atomic E-state index is 0.420. The lowest BCUT2D eigenvalue weighted by Gasteiger charge is -2.13. The van der Waals surface area contributed by atoms with Crippen LogP contribution in [0.1, 0.15) is 5.69 Å². The molecule has 0 spiro atoms. The molecule has 2 aromatic rings. The number of rotatable bonds is 4. The van der Waals surface area contributed by atoms with Crippen molar-refractivity contribution >= 4 is 39.9 Å². The quantitative estimate of drug-likeness (QED) is 0.577. The van der Waals surface area contributed by atoms with Gasteiger partial charge in [-0.1, -0.05) is 11.6 Å². The summed E-state index contributed by atoms with van der Waals surface area (Å²) in [7, 11) is 5.64. The summed E-state index contributed by atoms with van der Waals surface area (Å²) < 4.78 is 5.98. The molecule has 0 unspecified atom stereocenters. The van der Waals surface area contributed by atoms with E-state index in [1.54, 1.807) is 7.11 Å². The Morgan fingerprint density at radius 1 is 1.20 bits per heavy atom. The molecule has 6 heteroatoms. The molecule has 0 bridgehead atoms. The molecule has 1 heterocycles. The van der Waals surface area contributed by atoms with Gasteiger partial charge in [0.2, 0.25) is 0 Å². The second kappa shape index (κ2) is 6.69. The minimum Gasteiger partial charge on any atom is -0.378 e. The van der Waals surface area contributed by atoms with E-state index in [1.165, 1.54) is 0 Å². The number of ether oxygens (including phenoxy) is 1. The number of benzene rings is 1. The van der Waals surface area contributed by atoms with Crippen LogP contribution in [-0.4, -0.2) is 31.2 Å². The van der Waals surface area contributed by atoms with Crippen molar-refractivity contribution in [3.8, 4) is 11.4 Å². The number of methoxy groups -OCH3 is 1. The van der Waals surface area contributed by atoms with Gasteiger partial charge in [0.15, 0.2) is 5.82 Å². The number of hydrogen-bond donors (Lipinski definition) is 0. The van der Waals surface area contributed by atoms with Crippen LogP contribution in [0, 0.1) is 3.57 Å². The van der Waals surface area contributed by atoms with Crippen molar-refractivity contribution in [3.63, 3.8) is 0 Å². The first-order valence-corrected chi connectivity index (χ1v) is 7.47. The highest BCUT2D eigenvalue weighted by Gasteiger charge is 2.12. The van der Waals surface area contributed by atoms with Gasteiger partial charge >= 0.3 is 0 Å². The van der Waals surface area contributed by atoms with E-state index in [4.69, 9.17) is 16.3 Å². The molecule has 0 aliphatic heterocycles. The molecule has 2 rings (SSSR count). The average Bonchev–Trinajstić information content (AvgIpc) is 2.44. The molecule has 1 aromatic heterocycles. The maximum absolute atomic E-state index is 6.16. The van der Waals surface area contributed by atoms with Crippen LogP contribution in [0.5, 0.6) is 0 Å². The van der Waals surface area contributed by atoms with E-state index in [-0.39, 0.29) is 0 Å². The number of anilines is 1. The van der Waals surface area contributed by atoms with Crippen molar-refractivity contribution in [1.29, 1.82) is 0 Å². The molecule has 1 aromatic carbocycles. The van der Waals surface area contributed by atoms with Crippen molar-refractivity contribution < 1.29 is 4.74 Å². The van der Waals surface area contributed by atoms with E-state index in [1.807, 2.05) is 43.3 Å². The maximum atomic E-state index is 6.16. The summed E-state index contributed by atoms with van der Waals surface area (Å²) >= 11 is 8.30. The highest BCUT2D eigenvalue weighted by Crippen LogP contribution is 2.25. The fraction of sp³-hybridized carbons (Fsp3) is 0.286. The number of hydrogen-bond acceptors (Lipinski definition) is 4. The Labute approximate surface area is 137 Å². The highest BCUT2D eigenvalue weighted by molar-refractivity contribution is 14.1. The zero-order valence-corrected chi connectivity index (χ0v) is 14.4. The molecule has 0 aliphatic carbocycles. The van der Waals surface area contributed by atoms with Crippen LogP contribution < -0.4 is 4.90 Å². The van der Waals surface area contributed by atoms with Gasteiger partial charge < -0.3 is 9.64 Å². The van der Waals surface area contributed by atoms with Gasteiger partial charge in [-0.15, -0.1) is 0 Å². The zero-order chi connectivity index (χ0) is 14.7. The van der Waals surface area contributed by atoms with Gasteiger partial charge in [0.05, 0.1) is 15.9 Å². The number of halogens is 2. The highest BCUT2D eigenvalue weighted by atomic mass is 127. The van der Waals surface area contributed by atoms with Gasteiger partial charge in [-0.3, -0.25) is 0 Å². The number of nitrogens with zero attached hydrogens (tertiary/aromatic N) is 3. The molecular formula is C14H15ClIN3O. The van der Waals surface area contributed by atoms with Gasteiger partial charge in [0.25, 0.3) is 0 Å². The molecule has 20 heavy (non-hydrogen) atoms. The fourth-order valence-corrected chi connectivity index (χ4v) is 2.32. The van der Waals surface area contributed by atoms with E-state index < -0.39 is 0 Å². The predicted molar refractivity (Wildman–Crippen MR) is 90.2 cm³/mol. The Bertz CT molecular complexity index is 602. The lowest BCUT2D eigenvalue weighted by Crippen LogP contribution is -2.08. The predicted octanol–water partition coefficient (Wildman–Crippen LogP) is 3.61. The topological polar surface area (TPSA) is 38.2 Å². The monoisotopic (exact) mass is 403 g/mol. The zero-order valence-electron chi connectivity index (χ0n) is 11.5. The summed E-state index contributed by atoms with van der Waals surface area (Å²) in [5.41, 5.74) is 2.87. The molecule has 0 amide bonds. The van der Waals surface area contributed by atoms with Crippen molar-refractivity contribution in [3.05, 3.63) is 38.7 Å². The Morgan fingerprint density at radius 3 is 2.40 bits per heavy atom. The summed E-state index contributed by atoms with van der Waals surface area (Å²) in [5.74, 6) is 0.618. The third-order valence-electron chi connectivity index (χ3n) is 2.80. The van der Waals surface area contributed by atoms with Crippen LogP contribution in [0.15, 0.2) is 24.3 Å². The third-order valence-corrected chi connectivity index (χ3v) is 4.53. The molecule has 0 saturated carbocycles. The third kappa shape index (κ3) is 3.39. The molecular weight excluding hydrogens is 389 g/mol. The van der Waals surface area contributed by atoms with Gasteiger partial charge in [-0.05, 0) is 46.9 Å². The van der Waals surface area contributed by atoms with Gasteiger partial charge in [0.1, 0.15) is 5.15 Å². The van der Waals surface area contributed by atoms with Gasteiger partial charge in [-0.2, -0.15) is 0 Å². The Balaban J connectivity index is 2.41. The fourth-order valence-electron chi connectivity index (χ4n) is 1.73. The van der Waals surface area contributed by atoms with E-state index in [9.17, 15) is 0 Å². The lowest BCUT2D eigenvalue weighted by molar-refractivity contribution is 0.181. The van der Waals surface area contributed by atoms with E-state index in [2.05, 4.69) is 32.6 Å². The molecule has 0 fully saturated rings. The second-order valence-electron chi connectivity index (χ2n) is 4.47. The minimum atomic E-state index is 0.420. The van der Waals surface area contributed by atoms with Crippen LogP contribution >= 0.6 is 34.2 Å². The molecule has 4 nitrogen and oxygen atoms in total. The largest absolute Gasteiger partial charge is 0.378 e. The lowest BCUT2D eigenvalue weighted by atomic mass is 10.2. The first-order valence-electron chi connectivity index (χ1n) is 6.01. The van der Waals surface area contributed by atoms with E-state index >= 15 is 0 Å². The summed E-state index contributed by atoms with van der Waals surface area (Å²) in [4.78, 5) is 10.9. The average molecular weight is 404 g/mol. The van der Waals surface area contributed by atoms with E-state index in [0.717, 1.165) is 20.5 Å². The molecule has 0 saturated heterocycles. The van der Waals surface area contributed by atoms with Crippen LogP contribution in [0.3, 0.4) is 0 Å². The summed E-state index contributed by atoms with van der Waals surface area (Å²) in [5, 5.41) is 0.458. The van der Waals surface area contributed by atoms with E-state index in [0.29, 0.717) is 17.6 Å². The molecule has 0 N–H and O–H groups in total.